The molecule has 1 atom stereocenters. The van der Waals surface area contributed by atoms with Crippen molar-refractivity contribution >= 4 is 111 Å². The van der Waals surface area contributed by atoms with Crippen molar-refractivity contribution < 1.29 is 45.5 Å². The monoisotopic (exact) mass is 1730 g/mol. The number of furan rings is 4. The molecule has 0 bridgehead atoms. The van der Waals surface area contributed by atoms with E-state index in [1.165, 1.54) is 23.7 Å². The van der Waals surface area contributed by atoms with E-state index in [1.807, 2.05) is 256 Å². The number of rotatable bonds is 11. The molecule has 1 unspecified atom stereocenters. The van der Waals surface area contributed by atoms with Gasteiger partial charge in [-0.2, -0.15) is 18.3 Å². The van der Waals surface area contributed by atoms with Crippen LogP contribution in [0.2, 0.25) is 0 Å². The topological polar surface area (TPSA) is 85.5 Å². The molecule has 648 valence electrons. The highest BCUT2D eigenvalue weighted by Crippen LogP contribution is 2.49. The van der Waals surface area contributed by atoms with Crippen LogP contribution in [0.5, 0.6) is 0 Å². The zero-order valence-corrected chi connectivity index (χ0v) is 78.1. The molecule has 0 aliphatic rings. The van der Waals surface area contributed by atoms with Gasteiger partial charge in [0.2, 0.25) is 22.8 Å². The fourth-order valence-electron chi connectivity index (χ4n) is 18.3. The Morgan fingerprint density at radius 1 is 0.318 bits per heavy atom. The van der Waals surface area contributed by atoms with Gasteiger partial charge in [-0.3, -0.25) is 0 Å². The summed E-state index contributed by atoms with van der Waals surface area (Å²) < 4.78 is 93.8. The number of aryl methyl sites for hydroxylation is 8. The second kappa shape index (κ2) is 35.8. The summed E-state index contributed by atoms with van der Waals surface area (Å²) in [5.74, 6) is -2.49. The van der Waals surface area contributed by atoms with Gasteiger partial charge < -0.3 is 17.7 Å². The predicted octanol–water partition coefficient (Wildman–Crippen LogP) is 31.8. The average molecular weight is 1730 g/mol. The van der Waals surface area contributed by atoms with E-state index in [0.717, 1.165) is 205 Å². The van der Waals surface area contributed by atoms with E-state index in [0.29, 0.717) is 45.0 Å². The van der Waals surface area contributed by atoms with Crippen LogP contribution in [0.25, 0.3) is 197 Å². The number of fused-ring (bicyclic) bond motifs is 12. The molecule has 0 fully saturated rings. The van der Waals surface area contributed by atoms with Gasteiger partial charge >= 0.3 is 0 Å². The van der Waals surface area contributed by atoms with Gasteiger partial charge in [0.25, 0.3) is 0 Å². The maximum absolute atomic E-state index is 8.83. The van der Waals surface area contributed by atoms with Crippen molar-refractivity contribution in [3.05, 3.63) is 380 Å². The first kappa shape index (κ1) is 79.8. The Balaban J connectivity index is 0.000000128. The van der Waals surface area contributed by atoms with Gasteiger partial charge in [-0.15, -0.1) is 0 Å². The highest BCUT2D eigenvalue weighted by atomic mass is 16.3. The smallest absolute Gasteiger partial charge is 0.216 e. The highest BCUT2D eigenvalue weighted by molar-refractivity contribution is 6.18. The van der Waals surface area contributed by atoms with Crippen molar-refractivity contribution in [3.63, 3.8) is 0 Å². The number of aromatic nitrogens is 4. The zero-order chi connectivity index (χ0) is 99.3. The number of pyridine rings is 4. The van der Waals surface area contributed by atoms with Crippen LogP contribution >= 0.6 is 0 Å². The van der Waals surface area contributed by atoms with Gasteiger partial charge in [-0.1, -0.05) is 218 Å². The summed E-state index contributed by atoms with van der Waals surface area (Å²) >= 11 is 0. The van der Waals surface area contributed by atoms with Crippen LogP contribution in [0, 0.1) is 94.0 Å². The summed E-state index contributed by atoms with van der Waals surface area (Å²) in [5.41, 5.74) is 35.0. The first-order valence-electron chi connectivity index (χ1n) is 47.8. The third-order valence-corrected chi connectivity index (χ3v) is 25.6. The second-order valence-corrected chi connectivity index (χ2v) is 35.9. The van der Waals surface area contributed by atoms with Gasteiger partial charge in [0.1, 0.15) is 72.9 Å². The van der Waals surface area contributed by atoms with E-state index in [-0.39, 0.29) is 0 Å². The minimum atomic E-state index is -2.49. The van der Waals surface area contributed by atoms with Crippen molar-refractivity contribution in [3.8, 4) is 89.5 Å². The van der Waals surface area contributed by atoms with Crippen LogP contribution in [0.4, 0.5) is 22.7 Å². The lowest BCUT2D eigenvalue weighted by Crippen LogP contribution is -2.36. The molecular formula is C120H108N8O4+4. The average Bonchev–Trinajstić information content (AvgIpc) is 1.62. The summed E-state index contributed by atoms with van der Waals surface area (Å²) in [4.78, 5) is 14.9. The van der Waals surface area contributed by atoms with Crippen molar-refractivity contribution in [2.24, 2.45) is 33.6 Å². The molecule has 8 heterocycles. The van der Waals surface area contributed by atoms with Crippen LogP contribution in [0.1, 0.15) is 137 Å². The standard InChI is InChI=1S/C32H31N2O.2C30H27N2O.C28H23N2O/c1-20-13-15-25-27-18-24(33-6)17-26(22-11-9-8-10-12-22)30(27)35-31(25)29(20)28-16-14-23(19-32(3,4)5)21(2)34(28)7;2*1-18(2)22-14-20(4)32(6)27(15-22)28-19(3)12-13-24-26-17-23(31-5)16-25(29(26)33-30(24)28)21-10-8-7-9-11-21;1-17-13-19(3)30(5)25(14-17)26-18(2)11-12-22-24-16-21(29-4)15-23(27(24)31-28(22)26)20-9-7-6-8-10-20/h8-18H,19H2,1-5,7H3;2*7-18H,1-4,6H3;6-16H,1-3,5H3/q4*+1/i19D2;1D3,18D;18D;. The van der Waals surface area contributed by atoms with Gasteiger partial charge in [-0.05, 0) is 174 Å². The summed E-state index contributed by atoms with van der Waals surface area (Å²) in [6, 6.07) is 88.1. The lowest BCUT2D eigenvalue weighted by atomic mass is 9.87. The molecular weight excluding hydrogens is 1620 g/mol. The van der Waals surface area contributed by atoms with Crippen molar-refractivity contribution in [1.29, 1.82) is 0 Å². The summed E-state index contributed by atoms with van der Waals surface area (Å²) in [5, 5.41) is 7.57. The van der Waals surface area contributed by atoms with Crippen LogP contribution in [-0.4, -0.2) is 0 Å². The predicted molar refractivity (Wildman–Crippen MR) is 542 cm³/mol. The quantitative estimate of drug-likeness (QED) is 0.0954. The van der Waals surface area contributed by atoms with E-state index in [9.17, 15) is 0 Å². The minimum absolute atomic E-state index is 0.422. The Morgan fingerprint density at radius 2 is 0.606 bits per heavy atom. The molecule has 20 rings (SSSR count). The van der Waals surface area contributed by atoms with Crippen LogP contribution in [0.3, 0.4) is 0 Å². The van der Waals surface area contributed by atoms with Gasteiger partial charge in [0.15, 0.2) is 45.5 Å². The largest absolute Gasteiger partial charge is 0.455 e. The molecule has 0 saturated heterocycles. The second-order valence-electron chi connectivity index (χ2n) is 35.9. The number of nitrogens with zero attached hydrogens (tertiary/aromatic N) is 8. The normalized spacial score (nSPS) is 13.0. The van der Waals surface area contributed by atoms with E-state index in [1.54, 1.807) is 12.1 Å². The Morgan fingerprint density at radius 3 is 0.894 bits per heavy atom. The summed E-state index contributed by atoms with van der Waals surface area (Å²) in [6.45, 7) is 57.7. The maximum Gasteiger partial charge on any atom is 0.216 e. The molecule has 12 nitrogen and oxygen atoms in total. The molecule has 8 aromatic heterocycles. The molecule has 0 N–H and O–H groups in total. The Hall–Kier alpha value is -15.6. The van der Waals surface area contributed by atoms with E-state index in [2.05, 4.69) is 162 Å². The Kier molecular flexibility index (Phi) is 21.6. The van der Waals surface area contributed by atoms with Crippen molar-refractivity contribution in [2.45, 2.75) is 129 Å². The van der Waals surface area contributed by atoms with E-state index in [4.69, 9.17) is 53.6 Å². The van der Waals surface area contributed by atoms with Gasteiger partial charge in [-0.25, -0.2) is 19.4 Å². The minimum Gasteiger partial charge on any atom is -0.455 e. The van der Waals surface area contributed by atoms with Crippen molar-refractivity contribution in [1.82, 2.24) is 0 Å². The molecule has 0 saturated carbocycles. The zero-order valence-electron chi connectivity index (χ0n) is 85.1. The third kappa shape index (κ3) is 16.5. The maximum atomic E-state index is 8.83. The van der Waals surface area contributed by atoms with Gasteiger partial charge in [0.05, 0.1) is 48.5 Å². The van der Waals surface area contributed by atoms with Crippen molar-refractivity contribution in [2.75, 3.05) is 0 Å². The number of benzene rings is 12. The Bertz CT molecular complexity index is 8580. The van der Waals surface area contributed by atoms with Crippen LogP contribution < -0.4 is 18.3 Å². The SMILES string of the molecule is [2H]C(C)(C)c1cc(C)[n+](C)c(-c2c(C)ccc3c2oc2c(-c4ccccc4)cc([N+]#[C-])cc23)c1.[2H]C([2H])([2H])C([2H])(C)c1cc(C)[n+](C)c(-c2c(C)ccc3c2oc2c(-c4ccccc4)cc([N+]#[C-])cc23)c1.[2H]C([2H])(c1ccc(-c2c(C)ccc3c2oc2c(-c4ccccc4)cc([N+]#[C-])cc23)[n+](C)c1C)C(C)(C)C.[C-]#[N+]c1cc(-c2ccccc2)c2oc3c(-c4cc(C)cc(C)[n+]4C)c(C)ccc3c2c1. The fraction of sp³-hybridized carbons (Fsp3) is 0.200. The van der Waals surface area contributed by atoms with E-state index >= 15 is 0 Å². The molecule has 0 aliphatic carbocycles. The molecule has 0 spiro atoms. The summed E-state index contributed by atoms with van der Waals surface area (Å²) in [7, 11) is 8.06. The first-order chi connectivity index (χ1) is 66.0. The van der Waals surface area contributed by atoms with Crippen LogP contribution in [-0.2, 0) is 34.6 Å². The number of hydrogen-bond donors (Lipinski definition) is 0. The lowest BCUT2D eigenvalue weighted by Gasteiger charge is -2.19. The molecule has 0 aliphatic heterocycles. The molecule has 132 heavy (non-hydrogen) atoms. The number of hydrogen-bond acceptors (Lipinski definition) is 4. The molecule has 0 radical (unpaired) electrons. The molecule has 20 aromatic rings. The fourth-order valence-corrected chi connectivity index (χ4v) is 18.3. The molecule has 12 aromatic carbocycles. The molecule has 12 heteroatoms. The lowest BCUT2D eigenvalue weighted by molar-refractivity contribution is -0.667. The summed E-state index contributed by atoms with van der Waals surface area (Å²) in [6.07, 6.45) is -1.49. The van der Waals surface area contributed by atoms with Gasteiger partial charge in [0, 0.05) is 151 Å². The Labute approximate surface area is 783 Å². The third-order valence-electron chi connectivity index (χ3n) is 25.6. The highest BCUT2D eigenvalue weighted by Gasteiger charge is 2.32. The van der Waals surface area contributed by atoms with E-state index < -0.39 is 30.4 Å². The first-order valence-corrected chi connectivity index (χ1v) is 44.3. The molecule has 0 amide bonds. The van der Waals surface area contributed by atoms with Crippen LogP contribution in [0.15, 0.2) is 285 Å².